The Morgan fingerprint density at radius 2 is 1.82 bits per heavy atom. The summed E-state index contributed by atoms with van der Waals surface area (Å²) < 4.78 is 0. The molecule has 1 heteroatoms. The van der Waals surface area contributed by atoms with Crippen LogP contribution < -0.4 is 0 Å². The number of rotatable bonds is 5. The Kier molecular flexibility index (Phi) is 6.83. The van der Waals surface area contributed by atoms with Crippen molar-refractivity contribution in [1.29, 1.82) is 0 Å². The lowest BCUT2D eigenvalue weighted by molar-refractivity contribution is 0.751. The van der Waals surface area contributed by atoms with Gasteiger partial charge in [0.1, 0.15) is 0 Å². The molecule has 66 valence electrons. The van der Waals surface area contributed by atoms with E-state index < -0.39 is 0 Å². The molecule has 0 spiro atoms. The van der Waals surface area contributed by atoms with Gasteiger partial charge in [-0.15, -0.1) is 0 Å². The second kappa shape index (κ2) is 6.78. The molecule has 0 unspecified atom stereocenters. The first-order valence-electron chi connectivity index (χ1n) is 4.37. The van der Waals surface area contributed by atoms with Crippen molar-refractivity contribution in [3.05, 3.63) is 12.2 Å². The third-order valence-electron chi connectivity index (χ3n) is 1.19. The molecular weight excluding hydrogens is 152 g/mol. The summed E-state index contributed by atoms with van der Waals surface area (Å²) in [4.78, 5) is 0. The molecule has 0 aliphatic heterocycles. The minimum atomic E-state index is 0.703. The van der Waals surface area contributed by atoms with Crippen molar-refractivity contribution >= 4 is 11.8 Å². The van der Waals surface area contributed by atoms with Crippen LogP contribution in [0, 0.1) is 11.8 Å². The smallest absolute Gasteiger partial charge is 0.0113 e. The molecule has 0 aromatic rings. The predicted molar refractivity (Wildman–Crippen MR) is 56.1 cm³/mol. The third kappa shape index (κ3) is 10.1. The van der Waals surface area contributed by atoms with Gasteiger partial charge in [0.15, 0.2) is 0 Å². The molecular formula is C10H20S. The van der Waals surface area contributed by atoms with Gasteiger partial charge in [-0.05, 0) is 17.6 Å². The molecule has 0 heterocycles. The number of hydrogen-bond acceptors (Lipinski definition) is 1. The summed E-state index contributed by atoms with van der Waals surface area (Å²) in [7, 11) is 0. The molecule has 0 aromatic heterocycles. The highest BCUT2D eigenvalue weighted by atomic mass is 32.2. The van der Waals surface area contributed by atoms with Gasteiger partial charge in [0.05, 0.1) is 0 Å². The minimum absolute atomic E-state index is 0.703. The molecule has 0 nitrogen and oxygen atoms in total. The van der Waals surface area contributed by atoms with Crippen molar-refractivity contribution in [2.24, 2.45) is 11.8 Å². The Hall–Kier alpha value is 0.0900. The van der Waals surface area contributed by atoms with E-state index in [1.807, 2.05) is 11.8 Å². The van der Waals surface area contributed by atoms with Gasteiger partial charge in [-0.3, -0.25) is 0 Å². The van der Waals surface area contributed by atoms with Gasteiger partial charge in [0.2, 0.25) is 0 Å². The van der Waals surface area contributed by atoms with Crippen molar-refractivity contribution in [2.75, 3.05) is 11.5 Å². The topological polar surface area (TPSA) is 0 Å². The zero-order chi connectivity index (χ0) is 8.69. The molecule has 0 fully saturated rings. The van der Waals surface area contributed by atoms with E-state index in [0.29, 0.717) is 5.92 Å². The van der Waals surface area contributed by atoms with Gasteiger partial charge in [0, 0.05) is 5.75 Å². The fraction of sp³-hybridized carbons (Fsp3) is 0.800. The summed E-state index contributed by atoms with van der Waals surface area (Å²) in [5, 5.41) is 0. The first-order valence-corrected chi connectivity index (χ1v) is 5.52. The highest BCUT2D eigenvalue weighted by Crippen LogP contribution is 2.07. The Morgan fingerprint density at radius 1 is 1.18 bits per heavy atom. The van der Waals surface area contributed by atoms with Crippen LogP contribution in [0.1, 0.15) is 27.7 Å². The monoisotopic (exact) mass is 172 g/mol. The zero-order valence-electron chi connectivity index (χ0n) is 8.13. The average molecular weight is 172 g/mol. The molecule has 0 amide bonds. The maximum atomic E-state index is 2.28. The van der Waals surface area contributed by atoms with E-state index in [2.05, 4.69) is 39.8 Å². The first kappa shape index (κ1) is 11.1. The molecule has 0 aromatic carbocycles. The molecule has 11 heavy (non-hydrogen) atoms. The van der Waals surface area contributed by atoms with Crippen molar-refractivity contribution in [1.82, 2.24) is 0 Å². The van der Waals surface area contributed by atoms with E-state index in [0.717, 1.165) is 5.92 Å². The quantitative estimate of drug-likeness (QED) is 0.451. The highest BCUT2D eigenvalue weighted by Gasteiger charge is 1.91. The standard InChI is InChI=1S/C10H20S/c1-9(2)6-5-7-11-8-10(3)4/h5-6,9-10H,7-8H2,1-4H3/b6-5+. The van der Waals surface area contributed by atoms with Crippen LogP contribution in [0.5, 0.6) is 0 Å². The highest BCUT2D eigenvalue weighted by molar-refractivity contribution is 7.99. The van der Waals surface area contributed by atoms with Crippen molar-refractivity contribution in [2.45, 2.75) is 27.7 Å². The minimum Gasteiger partial charge on any atom is -0.158 e. The van der Waals surface area contributed by atoms with E-state index in [4.69, 9.17) is 0 Å². The van der Waals surface area contributed by atoms with Gasteiger partial charge in [-0.1, -0.05) is 39.8 Å². The Morgan fingerprint density at radius 3 is 2.27 bits per heavy atom. The van der Waals surface area contributed by atoms with Crippen LogP contribution in [0.2, 0.25) is 0 Å². The number of allylic oxidation sites excluding steroid dienone is 1. The summed E-state index contributed by atoms with van der Waals surface area (Å²) in [5.74, 6) is 3.99. The van der Waals surface area contributed by atoms with Gasteiger partial charge >= 0.3 is 0 Å². The molecule has 0 rings (SSSR count). The molecule has 0 N–H and O–H groups in total. The summed E-state index contributed by atoms with van der Waals surface area (Å²) in [6.07, 6.45) is 4.55. The van der Waals surface area contributed by atoms with Gasteiger partial charge in [-0.2, -0.15) is 11.8 Å². The van der Waals surface area contributed by atoms with Crippen LogP contribution >= 0.6 is 11.8 Å². The first-order chi connectivity index (χ1) is 5.13. The van der Waals surface area contributed by atoms with E-state index in [1.54, 1.807) is 0 Å². The Bertz CT molecular complexity index is 103. The van der Waals surface area contributed by atoms with Crippen LogP contribution in [0.25, 0.3) is 0 Å². The predicted octanol–water partition coefficient (Wildman–Crippen LogP) is 3.59. The summed E-state index contributed by atoms with van der Waals surface area (Å²) in [5.41, 5.74) is 0. The molecule has 0 atom stereocenters. The van der Waals surface area contributed by atoms with Crippen molar-refractivity contribution < 1.29 is 0 Å². The fourth-order valence-corrected chi connectivity index (χ4v) is 1.55. The van der Waals surface area contributed by atoms with Gasteiger partial charge in [-0.25, -0.2) is 0 Å². The molecule has 0 radical (unpaired) electrons. The number of thioether (sulfide) groups is 1. The fourth-order valence-electron chi connectivity index (χ4n) is 0.700. The van der Waals surface area contributed by atoms with Crippen LogP contribution in [0.3, 0.4) is 0 Å². The van der Waals surface area contributed by atoms with Crippen molar-refractivity contribution in [3.63, 3.8) is 0 Å². The SMILES string of the molecule is CC(C)/C=C/CSCC(C)C. The molecule has 0 aliphatic carbocycles. The summed E-state index contributed by atoms with van der Waals surface area (Å²) in [6.45, 7) is 8.95. The summed E-state index contributed by atoms with van der Waals surface area (Å²) in [6, 6.07) is 0. The van der Waals surface area contributed by atoms with Gasteiger partial charge < -0.3 is 0 Å². The normalized spacial score (nSPS) is 12.2. The average Bonchev–Trinajstić information content (AvgIpc) is 1.85. The zero-order valence-corrected chi connectivity index (χ0v) is 8.95. The lowest BCUT2D eigenvalue weighted by Crippen LogP contribution is -1.90. The Balaban J connectivity index is 3.14. The maximum Gasteiger partial charge on any atom is 0.0113 e. The van der Waals surface area contributed by atoms with Crippen LogP contribution in [0.15, 0.2) is 12.2 Å². The van der Waals surface area contributed by atoms with Gasteiger partial charge in [0.25, 0.3) is 0 Å². The van der Waals surface area contributed by atoms with Crippen LogP contribution in [0.4, 0.5) is 0 Å². The molecule has 0 aliphatic rings. The lowest BCUT2D eigenvalue weighted by atomic mass is 10.2. The summed E-state index contributed by atoms with van der Waals surface area (Å²) >= 11 is 2.02. The second-order valence-electron chi connectivity index (χ2n) is 3.60. The molecule has 0 bridgehead atoms. The maximum absolute atomic E-state index is 2.28. The largest absolute Gasteiger partial charge is 0.158 e. The van der Waals surface area contributed by atoms with E-state index in [-0.39, 0.29) is 0 Å². The van der Waals surface area contributed by atoms with E-state index in [9.17, 15) is 0 Å². The molecule has 0 saturated carbocycles. The van der Waals surface area contributed by atoms with Crippen LogP contribution in [-0.4, -0.2) is 11.5 Å². The van der Waals surface area contributed by atoms with Crippen LogP contribution in [-0.2, 0) is 0 Å². The second-order valence-corrected chi connectivity index (χ2v) is 4.68. The lowest BCUT2D eigenvalue weighted by Gasteiger charge is -2.01. The number of hydrogen-bond donors (Lipinski definition) is 0. The van der Waals surface area contributed by atoms with Crippen molar-refractivity contribution in [3.8, 4) is 0 Å². The molecule has 0 saturated heterocycles. The third-order valence-corrected chi connectivity index (χ3v) is 2.52. The van der Waals surface area contributed by atoms with E-state index >= 15 is 0 Å². The Labute approximate surface area is 75.5 Å². The van der Waals surface area contributed by atoms with E-state index in [1.165, 1.54) is 11.5 Å².